The summed E-state index contributed by atoms with van der Waals surface area (Å²) >= 11 is 1.64. The van der Waals surface area contributed by atoms with Crippen LogP contribution in [-0.2, 0) is 4.79 Å². The number of amides is 2. The van der Waals surface area contributed by atoms with Crippen LogP contribution < -0.4 is 5.32 Å². The topological polar surface area (TPSA) is 69.6 Å². The number of likely N-dealkylation sites (tertiary alicyclic amines) is 1. The van der Waals surface area contributed by atoms with Crippen molar-refractivity contribution in [1.29, 1.82) is 0 Å². The van der Waals surface area contributed by atoms with Crippen LogP contribution in [0.2, 0.25) is 0 Å². The quantitative estimate of drug-likeness (QED) is 0.841. The van der Waals surface area contributed by atoms with Crippen molar-refractivity contribution < 1.29 is 14.7 Å². The third-order valence-electron chi connectivity index (χ3n) is 3.62. The fourth-order valence-electron chi connectivity index (χ4n) is 2.19. The van der Waals surface area contributed by atoms with E-state index in [1.54, 1.807) is 23.6 Å². The number of benzene rings is 1. The van der Waals surface area contributed by atoms with Crippen LogP contribution in [-0.4, -0.2) is 41.4 Å². The van der Waals surface area contributed by atoms with Gasteiger partial charge in [0.05, 0.1) is 5.41 Å². The van der Waals surface area contributed by atoms with Crippen molar-refractivity contribution in [3.63, 3.8) is 0 Å². The fraction of sp³-hybridized carbons (Fsp3) is 0.429. The molecule has 1 heterocycles. The van der Waals surface area contributed by atoms with Crippen LogP contribution in [0.15, 0.2) is 29.2 Å². The van der Waals surface area contributed by atoms with Crippen molar-refractivity contribution in [3.05, 3.63) is 24.3 Å². The number of nitrogens with zero attached hydrogens (tertiary/aromatic N) is 1. The summed E-state index contributed by atoms with van der Waals surface area (Å²) in [6.45, 7) is 2.39. The number of hydrogen-bond donors (Lipinski definition) is 2. The Morgan fingerprint density at radius 1 is 1.35 bits per heavy atom. The molecule has 20 heavy (non-hydrogen) atoms. The minimum Gasteiger partial charge on any atom is -0.481 e. The van der Waals surface area contributed by atoms with Crippen molar-refractivity contribution in [2.24, 2.45) is 5.41 Å². The second-order valence-electron chi connectivity index (χ2n) is 5.20. The average molecular weight is 294 g/mol. The van der Waals surface area contributed by atoms with Crippen LogP contribution in [0.3, 0.4) is 0 Å². The second-order valence-corrected chi connectivity index (χ2v) is 6.08. The van der Waals surface area contributed by atoms with E-state index in [9.17, 15) is 9.59 Å². The van der Waals surface area contributed by atoms with E-state index >= 15 is 0 Å². The number of thioether (sulfide) groups is 1. The van der Waals surface area contributed by atoms with Crippen molar-refractivity contribution >= 4 is 29.4 Å². The third-order valence-corrected chi connectivity index (χ3v) is 4.36. The highest BCUT2D eigenvalue weighted by Crippen LogP contribution is 2.30. The molecule has 2 rings (SSSR count). The number of carboxylic acid groups (broad SMARTS) is 1. The molecule has 1 fully saturated rings. The van der Waals surface area contributed by atoms with Crippen LogP contribution in [0.25, 0.3) is 0 Å². The first-order chi connectivity index (χ1) is 9.44. The fourth-order valence-corrected chi connectivity index (χ4v) is 2.59. The van der Waals surface area contributed by atoms with Gasteiger partial charge in [-0.1, -0.05) is 0 Å². The lowest BCUT2D eigenvalue weighted by atomic mass is 9.90. The van der Waals surface area contributed by atoms with E-state index in [-0.39, 0.29) is 12.6 Å². The number of hydrogen-bond acceptors (Lipinski definition) is 3. The van der Waals surface area contributed by atoms with Gasteiger partial charge in [-0.05, 0) is 43.9 Å². The summed E-state index contributed by atoms with van der Waals surface area (Å²) in [5.41, 5.74) is -0.114. The molecule has 0 aromatic heterocycles. The predicted octanol–water partition coefficient (Wildman–Crippen LogP) is 2.74. The lowest BCUT2D eigenvalue weighted by Crippen LogP contribution is -2.37. The summed E-state index contributed by atoms with van der Waals surface area (Å²) < 4.78 is 0. The van der Waals surface area contributed by atoms with Gasteiger partial charge in [0.25, 0.3) is 0 Å². The van der Waals surface area contributed by atoms with Crippen LogP contribution in [0.1, 0.15) is 13.3 Å². The minimum absolute atomic E-state index is 0.244. The van der Waals surface area contributed by atoms with Crippen molar-refractivity contribution in [2.75, 3.05) is 24.7 Å². The van der Waals surface area contributed by atoms with E-state index in [4.69, 9.17) is 5.11 Å². The maximum atomic E-state index is 12.1. The zero-order valence-corrected chi connectivity index (χ0v) is 12.4. The molecule has 0 bridgehead atoms. The van der Waals surface area contributed by atoms with E-state index in [2.05, 4.69) is 5.32 Å². The second kappa shape index (κ2) is 5.75. The molecule has 108 valence electrons. The van der Waals surface area contributed by atoms with Gasteiger partial charge in [-0.3, -0.25) is 4.79 Å². The van der Waals surface area contributed by atoms with Crippen molar-refractivity contribution in [1.82, 2.24) is 4.90 Å². The standard InChI is InChI=1S/C14H18N2O3S/c1-14(12(17)18)7-8-16(9-14)13(19)15-10-3-5-11(20-2)6-4-10/h3-6H,7-9H2,1-2H3,(H,15,19)(H,17,18). The first-order valence-corrected chi connectivity index (χ1v) is 7.60. The summed E-state index contributed by atoms with van der Waals surface area (Å²) in [7, 11) is 0. The molecule has 5 nitrogen and oxygen atoms in total. The molecule has 1 aliphatic rings. The Kier molecular flexibility index (Phi) is 4.23. The molecule has 6 heteroatoms. The summed E-state index contributed by atoms with van der Waals surface area (Å²) in [6.07, 6.45) is 2.48. The number of urea groups is 1. The Labute approximate surface area is 122 Å². The third kappa shape index (κ3) is 3.07. The molecule has 1 atom stereocenters. The van der Waals surface area contributed by atoms with Gasteiger partial charge in [0.2, 0.25) is 0 Å². The summed E-state index contributed by atoms with van der Waals surface area (Å²) in [5.74, 6) is -0.850. The monoisotopic (exact) mass is 294 g/mol. The summed E-state index contributed by atoms with van der Waals surface area (Å²) in [4.78, 5) is 25.9. The number of aliphatic carboxylic acids is 1. The van der Waals surface area contributed by atoms with E-state index in [0.717, 1.165) is 10.6 Å². The zero-order valence-electron chi connectivity index (χ0n) is 11.5. The smallest absolute Gasteiger partial charge is 0.321 e. The first kappa shape index (κ1) is 14.7. The van der Waals surface area contributed by atoms with Crippen LogP contribution in [0.5, 0.6) is 0 Å². The minimum atomic E-state index is -0.850. The molecule has 1 aromatic carbocycles. The largest absolute Gasteiger partial charge is 0.481 e. The van der Waals surface area contributed by atoms with E-state index < -0.39 is 11.4 Å². The lowest BCUT2D eigenvalue weighted by Gasteiger charge is -2.20. The Balaban J connectivity index is 1.97. The highest BCUT2D eigenvalue weighted by molar-refractivity contribution is 7.98. The van der Waals surface area contributed by atoms with Gasteiger partial charge in [-0.2, -0.15) is 0 Å². The predicted molar refractivity (Wildman–Crippen MR) is 79.2 cm³/mol. The molecule has 2 N–H and O–H groups in total. The molecule has 0 aliphatic carbocycles. The van der Waals surface area contributed by atoms with Gasteiger partial charge < -0.3 is 15.3 Å². The van der Waals surface area contributed by atoms with Gasteiger partial charge in [-0.25, -0.2) is 4.79 Å². The number of carbonyl (C=O) groups is 2. The Hall–Kier alpha value is -1.69. The van der Waals surface area contributed by atoms with Crippen molar-refractivity contribution in [3.8, 4) is 0 Å². The SMILES string of the molecule is CSc1ccc(NC(=O)N2CCC(C)(C(=O)O)C2)cc1. The number of carbonyl (C=O) groups excluding carboxylic acids is 1. The molecule has 0 saturated carbocycles. The van der Waals surface area contributed by atoms with Gasteiger partial charge in [0.15, 0.2) is 0 Å². The normalized spacial score (nSPS) is 21.8. The zero-order chi connectivity index (χ0) is 14.8. The highest BCUT2D eigenvalue weighted by atomic mass is 32.2. The van der Waals surface area contributed by atoms with Crippen molar-refractivity contribution in [2.45, 2.75) is 18.2 Å². The number of nitrogens with one attached hydrogen (secondary N) is 1. The van der Waals surface area contributed by atoms with Gasteiger partial charge in [-0.15, -0.1) is 11.8 Å². The van der Waals surface area contributed by atoms with Gasteiger partial charge in [0, 0.05) is 23.7 Å². The highest BCUT2D eigenvalue weighted by Gasteiger charge is 2.42. The number of rotatable bonds is 3. The van der Waals surface area contributed by atoms with Crippen LogP contribution in [0, 0.1) is 5.41 Å². The molecule has 1 aliphatic heterocycles. The molecule has 1 saturated heterocycles. The molecular weight excluding hydrogens is 276 g/mol. The van der Waals surface area contributed by atoms with E-state index in [1.165, 1.54) is 0 Å². The first-order valence-electron chi connectivity index (χ1n) is 6.38. The Morgan fingerprint density at radius 2 is 2.00 bits per heavy atom. The molecule has 2 amide bonds. The maximum absolute atomic E-state index is 12.1. The Morgan fingerprint density at radius 3 is 2.50 bits per heavy atom. The maximum Gasteiger partial charge on any atom is 0.321 e. The molecule has 0 radical (unpaired) electrons. The number of carboxylic acids is 1. The summed E-state index contributed by atoms with van der Waals surface area (Å²) in [6, 6.07) is 7.32. The average Bonchev–Trinajstić information content (AvgIpc) is 2.84. The molecule has 1 unspecified atom stereocenters. The lowest BCUT2D eigenvalue weighted by molar-refractivity contribution is -0.146. The van der Waals surface area contributed by atoms with Crippen LogP contribution in [0.4, 0.5) is 10.5 Å². The number of anilines is 1. The molecule has 1 aromatic rings. The van der Waals surface area contributed by atoms with Crippen LogP contribution >= 0.6 is 11.8 Å². The summed E-state index contributed by atoms with van der Waals surface area (Å²) in [5, 5.41) is 12.0. The van der Waals surface area contributed by atoms with E-state index in [1.807, 2.05) is 30.5 Å². The Bertz CT molecular complexity index is 518. The van der Waals surface area contributed by atoms with E-state index in [0.29, 0.717) is 13.0 Å². The molecular formula is C14H18N2O3S. The molecule has 0 spiro atoms. The van der Waals surface area contributed by atoms with Gasteiger partial charge in [0.1, 0.15) is 0 Å². The van der Waals surface area contributed by atoms with Gasteiger partial charge >= 0.3 is 12.0 Å².